The first-order valence-corrected chi connectivity index (χ1v) is 13.0. The van der Waals surface area contributed by atoms with Crippen molar-refractivity contribution in [1.29, 1.82) is 0 Å². The summed E-state index contributed by atoms with van der Waals surface area (Å²) in [6.07, 6.45) is 0. The monoisotopic (exact) mass is 653 g/mol. The molecule has 3 rings (SSSR count). The Morgan fingerprint density at radius 3 is 0.812 bits per heavy atom. The molecule has 0 bridgehead atoms. The first-order valence-electron chi connectivity index (χ1n) is 9.19. The van der Waals surface area contributed by atoms with E-state index in [1.165, 1.54) is 10.5 Å². The Morgan fingerprint density at radius 2 is 0.656 bits per heavy atom. The van der Waals surface area contributed by atoms with E-state index in [1.54, 1.807) is 0 Å². The molecule has 0 heterocycles. The molecule has 0 spiro atoms. The van der Waals surface area contributed by atoms with Gasteiger partial charge in [-0.15, -0.1) is 0 Å². The van der Waals surface area contributed by atoms with Crippen LogP contribution in [0.15, 0.2) is 91.0 Å². The van der Waals surface area contributed by atoms with E-state index in [0.717, 1.165) is 20.8 Å². The third-order valence-electron chi connectivity index (χ3n) is 3.04. The Bertz CT molecular complexity index is 769. The summed E-state index contributed by atoms with van der Waals surface area (Å²) in [5, 5.41) is 22.2. The summed E-state index contributed by atoms with van der Waals surface area (Å²) in [6.45, 7) is 3.25. The van der Waals surface area contributed by atoms with Crippen molar-refractivity contribution < 1.29 is 29.7 Å². The molecule has 0 unspecified atom stereocenters. The summed E-state index contributed by atoms with van der Waals surface area (Å²) in [4.78, 5) is 27.0. The SMILES string of the molecule is CC(=O)O.CC(=O)O.CC(=O)O.[Sb].c1cc[c]([Sb]([c]2ccccc2)[c]2ccccc2)cc1. The average molecular weight is 655 g/mol. The number of benzene rings is 3. The van der Waals surface area contributed by atoms with Crippen molar-refractivity contribution in [2.45, 2.75) is 20.8 Å². The standard InChI is InChI=1S/3C6H5.3C2H4O2.2Sb/c3*1-2-4-6-5-3-1;3*1-2(3)4;;/h3*1-5H;3*1H3,(H,3,4);;. The molecule has 32 heavy (non-hydrogen) atoms. The van der Waals surface area contributed by atoms with Crippen LogP contribution in [0.1, 0.15) is 20.8 Å². The molecule has 3 aromatic rings. The van der Waals surface area contributed by atoms with Gasteiger partial charge in [0.15, 0.2) is 0 Å². The molecule has 8 heteroatoms. The van der Waals surface area contributed by atoms with Crippen molar-refractivity contribution in [3.63, 3.8) is 0 Å². The molecule has 0 saturated carbocycles. The fraction of sp³-hybridized carbons (Fsp3) is 0.125. The van der Waals surface area contributed by atoms with E-state index in [1.807, 2.05) is 0 Å². The average Bonchev–Trinajstić information content (AvgIpc) is 2.69. The van der Waals surface area contributed by atoms with Crippen LogP contribution in [0.4, 0.5) is 0 Å². The van der Waals surface area contributed by atoms with Gasteiger partial charge >= 0.3 is 122 Å². The van der Waals surface area contributed by atoms with Gasteiger partial charge in [-0.25, -0.2) is 0 Å². The van der Waals surface area contributed by atoms with Crippen LogP contribution >= 0.6 is 0 Å². The van der Waals surface area contributed by atoms with Crippen LogP contribution < -0.4 is 10.5 Å². The summed E-state index contributed by atoms with van der Waals surface area (Å²) >= 11 is -1.83. The third kappa shape index (κ3) is 17.4. The maximum atomic E-state index is 9.00. The fourth-order valence-corrected chi connectivity index (χ4v) is 8.76. The van der Waals surface area contributed by atoms with Gasteiger partial charge in [-0.05, 0) is 0 Å². The normalized spacial score (nSPS) is 8.62. The van der Waals surface area contributed by atoms with E-state index in [0.29, 0.717) is 0 Å². The Kier molecular flexibility index (Phi) is 19.3. The van der Waals surface area contributed by atoms with Gasteiger partial charge in [0.05, 0.1) is 0 Å². The third-order valence-corrected chi connectivity index (χ3v) is 10.0. The van der Waals surface area contributed by atoms with Crippen LogP contribution in [0, 0.1) is 0 Å². The van der Waals surface area contributed by atoms with Gasteiger partial charge in [-0.3, -0.25) is 14.4 Å². The van der Waals surface area contributed by atoms with Crippen molar-refractivity contribution in [2.75, 3.05) is 0 Å². The molecule has 0 aliphatic heterocycles. The topological polar surface area (TPSA) is 112 Å². The van der Waals surface area contributed by atoms with Gasteiger partial charge in [-0.2, -0.15) is 0 Å². The van der Waals surface area contributed by atoms with Gasteiger partial charge in [0, 0.05) is 45.2 Å². The van der Waals surface area contributed by atoms with Crippen molar-refractivity contribution >= 4 is 73.1 Å². The van der Waals surface area contributed by atoms with Gasteiger partial charge in [0.2, 0.25) is 0 Å². The summed E-state index contributed by atoms with van der Waals surface area (Å²) < 4.78 is 4.55. The van der Waals surface area contributed by atoms with E-state index < -0.39 is 38.1 Å². The number of aliphatic carboxylic acids is 3. The minimum atomic E-state index is -1.83. The number of hydrogen-bond acceptors (Lipinski definition) is 3. The Labute approximate surface area is 213 Å². The van der Waals surface area contributed by atoms with E-state index in [-0.39, 0.29) is 24.4 Å². The zero-order valence-corrected chi connectivity index (χ0v) is 23.2. The van der Waals surface area contributed by atoms with Crippen molar-refractivity contribution in [3.8, 4) is 0 Å². The van der Waals surface area contributed by atoms with Crippen LogP contribution in [0.3, 0.4) is 0 Å². The molecule has 0 aliphatic carbocycles. The Balaban J connectivity index is 0. The second-order valence-corrected chi connectivity index (χ2v) is 12.2. The number of carbonyl (C=O) groups is 3. The summed E-state index contributed by atoms with van der Waals surface area (Å²) in [5.41, 5.74) is 0. The zero-order valence-electron chi connectivity index (χ0n) is 18.1. The molecule has 3 aromatic carbocycles. The molecule has 3 N–H and O–H groups in total. The van der Waals surface area contributed by atoms with Crippen LogP contribution in [-0.2, 0) is 14.4 Å². The van der Waals surface area contributed by atoms with Gasteiger partial charge in [0.25, 0.3) is 17.9 Å². The molecular formula is C24H27O6Sb2. The quantitative estimate of drug-likeness (QED) is 0.373. The van der Waals surface area contributed by atoms with Crippen LogP contribution in [-0.4, -0.2) is 77.9 Å². The van der Waals surface area contributed by atoms with Gasteiger partial charge in [0.1, 0.15) is 0 Å². The summed E-state index contributed by atoms with van der Waals surface area (Å²) in [6, 6.07) is 32.9. The minimum absolute atomic E-state index is 0. The first kappa shape index (κ1) is 31.9. The van der Waals surface area contributed by atoms with Crippen molar-refractivity contribution in [3.05, 3.63) is 91.0 Å². The predicted octanol–water partition coefficient (Wildman–Crippen LogP) is 2.09. The van der Waals surface area contributed by atoms with Gasteiger partial charge < -0.3 is 15.3 Å². The van der Waals surface area contributed by atoms with E-state index in [4.69, 9.17) is 29.7 Å². The summed E-state index contributed by atoms with van der Waals surface area (Å²) in [5.74, 6) is -2.50. The molecule has 0 fully saturated rings. The molecule has 6 nitrogen and oxygen atoms in total. The number of carboxylic acids is 3. The van der Waals surface area contributed by atoms with Crippen LogP contribution in [0.25, 0.3) is 0 Å². The number of rotatable bonds is 3. The van der Waals surface area contributed by atoms with E-state index >= 15 is 0 Å². The first-order chi connectivity index (χ1) is 14.6. The molecule has 0 atom stereocenters. The van der Waals surface area contributed by atoms with Crippen molar-refractivity contribution in [2.24, 2.45) is 0 Å². The second kappa shape index (κ2) is 19.4. The molecule has 0 aromatic heterocycles. The number of carboxylic acid groups (broad SMARTS) is 3. The second-order valence-electron chi connectivity index (χ2n) is 5.90. The molecule has 169 valence electrons. The van der Waals surface area contributed by atoms with Crippen LogP contribution in [0.2, 0.25) is 0 Å². The predicted molar refractivity (Wildman–Crippen MR) is 130 cm³/mol. The maximum absolute atomic E-state index is 9.00. The summed E-state index contributed by atoms with van der Waals surface area (Å²) in [7, 11) is 0. The van der Waals surface area contributed by atoms with Gasteiger partial charge in [-0.1, -0.05) is 0 Å². The Morgan fingerprint density at radius 1 is 0.500 bits per heavy atom. The van der Waals surface area contributed by atoms with Crippen LogP contribution in [0.5, 0.6) is 0 Å². The molecule has 0 saturated heterocycles. The van der Waals surface area contributed by atoms with E-state index in [2.05, 4.69) is 91.0 Å². The molecule has 0 aliphatic rings. The molecule has 3 radical (unpaired) electrons. The fourth-order valence-electron chi connectivity index (χ4n) is 2.18. The molecule has 0 amide bonds. The Hall–Kier alpha value is -2.29. The number of hydrogen-bond donors (Lipinski definition) is 3. The van der Waals surface area contributed by atoms with E-state index in [9.17, 15) is 0 Å². The zero-order chi connectivity index (χ0) is 23.6. The van der Waals surface area contributed by atoms with Crippen molar-refractivity contribution in [1.82, 2.24) is 0 Å². The molecular weight excluding hydrogens is 628 g/mol.